The van der Waals surface area contributed by atoms with E-state index in [1.54, 1.807) is 0 Å². The number of aromatic nitrogens is 1. The monoisotopic (exact) mass is 238 g/mol. The molecule has 1 aliphatic heterocycles. The minimum Gasteiger partial charge on any atom is -0.481 e. The number of likely N-dealkylation sites (tertiary alicyclic amines) is 1. The largest absolute Gasteiger partial charge is 0.481 e. The number of oxazole rings is 1. The highest BCUT2D eigenvalue weighted by molar-refractivity contribution is 5.70. The number of carboxylic acid groups (broad SMARTS) is 1. The summed E-state index contributed by atoms with van der Waals surface area (Å²) in [6.07, 6.45) is 3.15. The van der Waals surface area contributed by atoms with Gasteiger partial charge in [-0.25, -0.2) is 4.98 Å². The van der Waals surface area contributed by atoms with E-state index in [1.165, 1.54) is 6.39 Å². The Bertz CT molecular complexity index is 402. The molecule has 0 amide bonds. The highest BCUT2D eigenvalue weighted by Gasteiger charge is 2.29. The Morgan fingerprint density at radius 1 is 1.71 bits per heavy atom. The lowest BCUT2D eigenvalue weighted by Crippen LogP contribution is -2.40. The van der Waals surface area contributed by atoms with Gasteiger partial charge in [0.15, 0.2) is 6.39 Å². The Kier molecular flexibility index (Phi) is 3.47. The summed E-state index contributed by atoms with van der Waals surface area (Å²) in [5.74, 6) is -0.132. The summed E-state index contributed by atoms with van der Waals surface area (Å²) in [5, 5.41) is 9.06. The van der Waals surface area contributed by atoms with E-state index in [4.69, 9.17) is 9.52 Å². The van der Waals surface area contributed by atoms with E-state index in [0.717, 1.165) is 30.8 Å². The molecule has 1 aliphatic rings. The molecule has 0 bridgehead atoms. The van der Waals surface area contributed by atoms with Crippen molar-refractivity contribution in [2.45, 2.75) is 32.7 Å². The lowest BCUT2D eigenvalue weighted by Gasteiger charge is -2.34. The number of piperidine rings is 1. The zero-order valence-corrected chi connectivity index (χ0v) is 10.2. The molecule has 1 N–H and O–H groups in total. The molecule has 2 atom stereocenters. The van der Waals surface area contributed by atoms with Gasteiger partial charge in [-0.2, -0.15) is 0 Å². The van der Waals surface area contributed by atoms with E-state index in [1.807, 2.05) is 6.92 Å². The van der Waals surface area contributed by atoms with Crippen LogP contribution in [0.15, 0.2) is 10.8 Å². The SMILES string of the molecule is Cc1ocnc1C(C)N1CCCC(C(=O)O)C1. The molecular weight excluding hydrogens is 220 g/mol. The Balaban J connectivity index is 2.07. The number of aryl methyl sites for hydroxylation is 1. The fourth-order valence-electron chi connectivity index (χ4n) is 2.45. The quantitative estimate of drug-likeness (QED) is 0.870. The molecule has 0 aromatic carbocycles. The predicted molar refractivity (Wildman–Crippen MR) is 61.6 cm³/mol. The summed E-state index contributed by atoms with van der Waals surface area (Å²) in [6, 6.07) is 0.121. The van der Waals surface area contributed by atoms with E-state index in [-0.39, 0.29) is 12.0 Å². The van der Waals surface area contributed by atoms with Gasteiger partial charge >= 0.3 is 5.97 Å². The molecule has 1 saturated heterocycles. The van der Waals surface area contributed by atoms with Gasteiger partial charge < -0.3 is 9.52 Å². The van der Waals surface area contributed by atoms with E-state index in [9.17, 15) is 4.79 Å². The molecule has 2 heterocycles. The van der Waals surface area contributed by atoms with Gasteiger partial charge in [0.1, 0.15) is 5.76 Å². The van der Waals surface area contributed by atoms with Crippen molar-refractivity contribution in [3.63, 3.8) is 0 Å². The zero-order chi connectivity index (χ0) is 12.4. The molecule has 2 unspecified atom stereocenters. The molecule has 0 radical (unpaired) electrons. The normalized spacial score (nSPS) is 23.5. The van der Waals surface area contributed by atoms with E-state index < -0.39 is 5.97 Å². The summed E-state index contributed by atoms with van der Waals surface area (Å²) >= 11 is 0. The van der Waals surface area contributed by atoms with Gasteiger partial charge in [-0.05, 0) is 33.2 Å². The summed E-state index contributed by atoms with van der Waals surface area (Å²) in [7, 11) is 0. The van der Waals surface area contributed by atoms with Crippen LogP contribution in [-0.4, -0.2) is 34.0 Å². The first-order chi connectivity index (χ1) is 8.09. The second-order valence-electron chi connectivity index (χ2n) is 4.64. The second kappa shape index (κ2) is 4.87. The van der Waals surface area contributed by atoms with Gasteiger partial charge in [-0.15, -0.1) is 0 Å². The second-order valence-corrected chi connectivity index (χ2v) is 4.64. The van der Waals surface area contributed by atoms with Gasteiger partial charge in [0.05, 0.1) is 17.7 Å². The van der Waals surface area contributed by atoms with Crippen LogP contribution in [-0.2, 0) is 4.79 Å². The van der Waals surface area contributed by atoms with Gasteiger partial charge in [0.2, 0.25) is 0 Å². The Morgan fingerprint density at radius 3 is 3.06 bits per heavy atom. The number of hydrogen-bond donors (Lipinski definition) is 1. The minimum atomic E-state index is -0.696. The number of carboxylic acids is 1. The van der Waals surface area contributed by atoms with Crippen molar-refractivity contribution < 1.29 is 14.3 Å². The number of hydrogen-bond acceptors (Lipinski definition) is 4. The smallest absolute Gasteiger partial charge is 0.307 e. The van der Waals surface area contributed by atoms with Crippen LogP contribution in [0.5, 0.6) is 0 Å². The Hall–Kier alpha value is -1.36. The predicted octanol–water partition coefficient (Wildman–Crippen LogP) is 1.84. The third-order valence-corrected chi connectivity index (χ3v) is 3.53. The van der Waals surface area contributed by atoms with Crippen LogP contribution in [0.2, 0.25) is 0 Å². The van der Waals surface area contributed by atoms with Crippen LogP contribution in [0.3, 0.4) is 0 Å². The molecule has 5 nitrogen and oxygen atoms in total. The lowest BCUT2D eigenvalue weighted by atomic mass is 9.96. The lowest BCUT2D eigenvalue weighted by molar-refractivity contribution is -0.143. The minimum absolute atomic E-state index is 0.121. The first kappa shape index (κ1) is 12.1. The Labute approximate surface area is 100 Å². The van der Waals surface area contributed by atoms with Crippen molar-refractivity contribution in [3.05, 3.63) is 17.8 Å². The topological polar surface area (TPSA) is 66.6 Å². The average Bonchev–Trinajstić information content (AvgIpc) is 2.74. The molecule has 0 saturated carbocycles. The first-order valence-electron chi connectivity index (χ1n) is 5.96. The molecule has 94 valence electrons. The molecule has 1 aromatic rings. The van der Waals surface area contributed by atoms with Gasteiger partial charge in [-0.3, -0.25) is 9.69 Å². The van der Waals surface area contributed by atoms with Crippen LogP contribution >= 0.6 is 0 Å². The summed E-state index contributed by atoms with van der Waals surface area (Å²) in [5.41, 5.74) is 0.913. The van der Waals surface area contributed by atoms with Crippen molar-refractivity contribution in [1.82, 2.24) is 9.88 Å². The molecule has 1 fully saturated rings. The van der Waals surface area contributed by atoms with Gasteiger partial charge in [0.25, 0.3) is 0 Å². The van der Waals surface area contributed by atoms with Crippen molar-refractivity contribution in [3.8, 4) is 0 Å². The van der Waals surface area contributed by atoms with Crippen LogP contribution in [0.1, 0.15) is 37.3 Å². The first-order valence-corrected chi connectivity index (χ1v) is 5.96. The maximum atomic E-state index is 11.0. The Morgan fingerprint density at radius 2 is 2.47 bits per heavy atom. The van der Waals surface area contributed by atoms with Crippen LogP contribution in [0, 0.1) is 12.8 Å². The number of carbonyl (C=O) groups is 1. The van der Waals surface area contributed by atoms with Crippen molar-refractivity contribution in [2.24, 2.45) is 5.92 Å². The van der Waals surface area contributed by atoms with Crippen molar-refractivity contribution >= 4 is 5.97 Å². The fraction of sp³-hybridized carbons (Fsp3) is 0.667. The van der Waals surface area contributed by atoms with Crippen molar-refractivity contribution in [2.75, 3.05) is 13.1 Å². The molecule has 1 aromatic heterocycles. The van der Waals surface area contributed by atoms with E-state index >= 15 is 0 Å². The molecule has 17 heavy (non-hydrogen) atoms. The van der Waals surface area contributed by atoms with Gasteiger partial charge in [-0.1, -0.05) is 0 Å². The third-order valence-electron chi connectivity index (χ3n) is 3.53. The molecule has 0 spiro atoms. The fourth-order valence-corrected chi connectivity index (χ4v) is 2.45. The van der Waals surface area contributed by atoms with Crippen LogP contribution in [0.25, 0.3) is 0 Å². The number of rotatable bonds is 3. The van der Waals surface area contributed by atoms with Crippen molar-refractivity contribution in [1.29, 1.82) is 0 Å². The van der Waals surface area contributed by atoms with Crippen LogP contribution < -0.4 is 0 Å². The molecular formula is C12H18N2O3. The molecule has 5 heteroatoms. The average molecular weight is 238 g/mol. The third kappa shape index (κ3) is 2.49. The number of aliphatic carboxylic acids is 1. The molecule has 2 rings (SSSR count). The highest BCUT2D eigenvalue weighted by Crippen LogP contribution is 2.27. The maximum absolute atomic E-state index is 11.0. The summed E-state index contributed by atoms with van der Waals surface area (Å²) in [6.45, 7) is 5.46. The zero-order valence-electron chi connectivity index (χ0n) is 10.2. The van der Waals surface area contributed by atoms with E-state index in [0.29, 0.717) is 6.54 Å². The standard InChI is InChI=1S/C12H18N2O3/c1-8(11-9(2)17-7-13-11)14-5-3-4-10(6-14)12(15)16/h7-8,10H,3-6H2,1-2H3,(H,15,16). The highest BCUT2D eigenvalue weighted by atomic mass is 16.4. The maximum Gasteiger partial charge on any atom is 0.307 e. The van der Waals surface area contributed by atoms with E-state index in [2.05, 4.69) is 16.8 Å². The molecule has 0 aliphatic carbocycles. The summed E-state index contributed by atoms with van der Waals surface area (Å²) in [4.78, 5) is 17.4. The number of nitrogens with zero attached hydrogens (tertiary/aromatic N) is 2. The van der Waals surface area contributed by atoms with Gasteiger partial charge in [0, 0.05) is 6.54 Å². The van der Waals surface area contributed by atoms with Crippen LogP contribution in [0.4, 0.5) is 0 Å². The summed E-state index contributed by atoms with van der Waals surface area (Å²) < 4.78 is 5.20.